The molecule has 0 bridgehead atoms. The summed E-state index contributed by atoms with van der Waals surface area (Å²) in [4.78, 5) is 15.5. The van der Waals surface area contributed by atoms with Gasteiger partial charge in [-0.15, -0.1) is 0 Å². The van der Waals surface area contributed by atoms with Crippen LogP contribution in [0.25, 0.3) is 0 Å². The molecule has 112 valence electrons. The average molecular weight is 300 g/mol. The van der Waals surface area contributed by atoms with E-state index in [1.54, 1.807) is 0 Å². The molecule has 0 spiro atoms. The Bertz CT molecular complexity index is 431. The quantitative estimate of drug-likeness (QED) is 0.370. The Morgan fingerprint density at radius 3 is 2.85 bits per heavy atom. The van der Waals surface area contributed by atoms with Gasteiger partial charge < -0.3 is 10.7 Å². The van der Waals surface area contributed by atoms with Gasteiger partial charge in [-0.05, 0) is 30.9 Å². The number of anilines is 1. The summed E-state index contributed by atoms with van der Waals surface area (Å²) in [5, 5.41) is 2.70. The van der Waals surface area contributed by atoms with E-state index in [0.29, 0.717) is 6.54 Å². The molecule has 0 atom stereocenters. The molecule has 0 unspecified atom stereocenters. The zero-order valence-electron chi connectivity index (χ0n) is 11.6. The average Bonchev–Trinajstić information content (AvgIpc) is 2.46. The Morgan fingerprint density at radius 2 is 2.15 bits per heavy atom. The summed E-state index contributed by atoms with van der Waals surface area (Å²) in [7, 11) is 0. The lowest BCUT2D eigenvalue weighted by Gasteiger charge is -2.08. The van der Waals surface area contributed by atoms with Gasteiger partial charge in [0.25, 0.3) is 5.91 Å². The summed E-state index contributed by atoms with van der Waals surface area (Å²) in [6.07, 6.45) is 7.74. The highest BCUT2D eigenvalue weighted by Crippen LogP contribution is 2.13. The van der Waals surface area contributed by atoms with Gasteiger partial charge >= 0.3 is 0 Å². The molecule has 1 amide bonds. The van der Waals surface area contributed by atoms with Gasteiger partial charge in [0, 0.05) is 12.7 Å². The monoisotopic (exact) mass is 300 g/mol. The smallest absolute Gasteiger partial charge is 0.254 e. The predicted octanol–water partition coefficient (Wildman–Crippen LogP) is 2.16. The van der Waals surface area contributed by atoms with Crippen molar-refractivity contribution in [2.24, 2.45) is 5.84 Å². The number of hydrogen-bond donors (Lipinski definition) is 3. The molecule has 4 N–H and O–H groups in total. The Labute approximate surface area is 122 Å². The number of aromatic nitrogens is 1. The second-order valence-electron chi connectivity index (χ2n) is 4.33. The van der Waals surface area contributed by atoms with Crippen LogP contribution in [0.4, 0.5) is 10.2 Å². The largest absolute Gasteiger partial charge is 0.352 e. The SMILES string of the molecule is CSCCCCCCNC(=O)c1ccnc(NN)c1F. The van der Waals surface area contributed by atoms with Crippen LogP contribution in [-0.2, 0) is 0 Å². The lowest BCUT2D eigenvalue weighted by Crippen LogP contribution is -2.26. The summed E-state index contributed by atoms with van der Waals surface area (Å²) < 4.78 is 13.8. The minimum atomic E-state index is -0.729. The number of amides is 1. The van der Waals surface area contributed by atoms with Crippen LogP contribution < -0.4 is 16.6 Å². The molecule has 1 heterocycles. The zero-order chi connectivity index (χ0) is 14.8. The van der Waals surface area contributed by atoms with Crippen molar-refractivity contribution in [3.8, 4) is 0 Å². The fraction of sp³-hybridized carbons (Fsp3) is 0.538. The van der Waals surface area contributed by atoms with E-state index >= 15 is 0 Å². The molecule has 5 nitrogen and oxygen atoms in total. The van der Waals surface area contributed by atoms with E-state index in [0.717, 1.165) is 19.3 Å². The number of nitrogens with one attached hydrogen (secondary N) is 2. The standard InChI is InChI=1S/C13H21FN4OS/c1-20-9-5-3-2-4-7-17-13(19)10-6-8-16-12(18-15)11(10)14/h6,8H,2-5,7,9,15H2,1H3,(H,16,18)(H,17,19). The normalized spacial score (nSPS) is 10.3. The fourth-order valence-electron chi connectivity index (χ4n) is 1.74. The molecule has 0 radical (unpaired) electrons. The van der Waals surface area contributed by atoms with Crippen molar-refractivity contribution < 1.29 is 9.18 Å². The number of unbranched alkanes of at least 4 members (excludes halogenated alkanes) is 3. The molecule has 1 aromatic rings. The van der Waals surface area contributed by atoms with Crippen molar-refractivity contribution >= 4 is 23.5 Å². The third-order valence-corrected chi connectivity index (χ3v) is 3.53. The Balaban J connectivity index is 2.33. The number of carbonyl (C=O) groups excluding carboxylic acids is 1. The number of hydrazine groups is 1. The van der Waals surface area contributed by atoms with E-state index in [4.69, 9.17) is 5.84 Å². The molecule has 1 aromatic heterocycles. The van der Waals surface area contributed by atoms with E-state index in [2.05, 4.69) is 22.0 Å². The van der Waals surface area contributed by atoms with Crippen LogP contribution in [0.2, 0.25) is 0 Å². The molecule has 0 aliphatic heterocycles. The van der Waals surface area contributed by atoms with Crippen LogP contribution in [0.3, 0.4) is 0 Å². The van der Waals surface area contributed by atoms with Crippen molar-refractivity contribution in [2.45, 2.75) is 25.7 Å². The minimum Gasteiger partial charge on any atom is -0.352 e. The summed E-state index contributed by atoms with van der Waals surface area (Å²) >= 11 is 1.84. The number of rotatable bonds is 9. The van der Waals surface area contributed by atoms with Crippen molar-refractivity contribution in [1.82, 2.24) is 10.3 Å². The van der Waals surface area contributed by atoms with Crippen molar-refractivity contribution in [2.75, 3.05) is 24.0 Å². The van der Waals surface area contributed by atoms with Crippen LogP contribution >= 0.6 is 11.8 Å². The molecule has 0 aromatic carbocycles. The number of carbonyl (C=O) groups is 1. The van der Waals surface area contributed by atoms with E-state index in [9.17, 15) is 9.18 Å². The summed E-state index contributed by atoms with van der Waals surface area (Å²) in [6, 6.07) is 1.34. The first-order valence-corrected chi connectivity index (χ1v) is 7.98. The number of halogens is 1. The van der Waals surface area contributed by atoms with Gasteiger partial charge in [0.2, 0.25) is 0 Å². The van der Waals surface area contributed by atoms with Gasteiger partial charge in [-0.25, -0.2) is 15.2 Å². The fourth-order valence-corrected chi connectivity index (χ4v) is 2.23. The first kappa shape index (κ1) is 16.7. The highest BCUT2D eigenvalue weighted by Gasteiger charge is 2.14. The van der Waals surface area contributed by atoms with Crippen LogP contribution in [0.1, 0.15) is 36.0 Å². The summed E-state index contributed by atoms with van der Waals surface area (Å²) in [6.45, 7) is 0.547. The van der Waals surface area contributed by atoms with Crippen molar-refractivity contribution in [1.29, 1.82) is 0 Å². The predicted molar refractivity (Wildman–Crippen MR) is 81.2 cm³/mol. The number of nitrogen functional groups attached to an aromatic ring is 1. The Morgan fingerprint density at radius 1 is 1.40 bits per heavy atom. The van der Waals surface area contributed by atoms with Gasteiger partial charge in [-0.2, -0.15) is 11.8 Å². The summed E-state index contributed by atoms with van der Waals surface area (Å²) in [5.41, 5.74) is 2.07. The van der Waals surface area contributed by atoms with Gasteiger partial charge in [-0.3, -0.25) is 4.79 Å². The molecule has 0 aliphatic carbocycles. The van der Waals surface area contributed by atoms with Gasteiger partial charge in [-0.1, -0.05) is 12.8 Å². The first-order valence-electron chi connectivity index (χ1n) is 6.59. The van der Waals surface area contributed by atoms with Gasteiger partial charge in [0.1, 0.15) is 0 Å². The molecule has 0 saturated heterocycles. The number of nitrogens with zero attached hydrogens (tertiary/aromatic N) is 1. The number of pyridine rings is 1. The third-order valence-electron chi connectivity index (χ3n) is 2.83. The topological polar surface area (TPSA) is 80.0 Å². The highest BCUT2D eigenvalue weighted by atomic mass is 32.2. The van der Waals surface area contributed by atoms with Crippen LogP contribution in [0.5, 0.6) is 0 Å². The van der Waals surface area contributed by atoms with Crippen LogP contribution in [0, 0.1) is 5.82 Å². The van der Waals surface area contributed by atoms with Gasteiger partial charge in [0.15, 0.2) is 11.6 Å². The molecule has 1 rings (SSSR count). The minimum absolute atomic E-state index is 0.0460. The molecule has 7 heteroatoms. The van der Waals surface area contributed by atoms with Crippen LogP contribution in [0.15, 0.2) is 12.3 Å². The maximum absolute atomic E-state index is 13.8. The number of nitrogens with two attached hydrogens (primary N) is 1. The molecule has 0 fully saturated rings. The second kappa shape index (κ2) is 9.55. The van der Waals surface area contributed by atoms with Crippen molar-refractivity contribution in [3.63, 3.8) is 0 Å². The lowest BCUT2D eigenvalue weighted by molar-refractivity contribution is 0.0949. The maximum Gasteiger partial charge on any atom is 0.254 e. The van der Waals surface area contributed by atoms with E-state index < -0.39 is 11.7 Å². The van der Waals surface area contributed by atoms with E-state index in [1.807, 2.05) is 11.8 Å². The van der Waals surface area contributed by atoms with E-state index in [-0.39, 0.29) is 11.4 Å². The molecular weight excluding hydrogens is 279 g/mol. The zero-order valence-corrected chi connectivity index (χ0v) is 12.4. The molecule has 0 aliphatic rings. The van der Waals surface area contributed by atoms with Gasteiger partial charge in [0.05, 0.1) is 5.56 Å². The Hall–Kier alpha value is -1.34. The Kier molecular flexibility index (Phi) is 7.98. The lowest BCUT2D eigenvalue weighted by atomic mass is 10.2. The number of thioether (sulfide) groups is 1. The summed E-state index contributed by atoms with van der Waals surface area (Å²) in [5.74, 6) is 4.99. The molecule has 0 saturated carbocycles. The van der Waals surface area contributed by atoms with E-state index in [1.165, 1.54) is 24.4 Å². The van der Waals surface area contributed by atoms with Crippen LogP contribution in [-0.4, -0.2) is 29.4 Å². The molecular formula is C13H21FN4OS. The number of hydrogen-bond acceptors (Lipinski definition) is 5. The first-order chi connectivity index (χ1) is 9.70. The van der Waals surface area contributed by atoms with Crippen molar-refractivity contribution in [3.05, 3.63) is 23.6 Å². The third kappa shape index (κ3) is 5.34. The highest BCUT2D eigenvalue weighted by molar-refractivity contribution is 7.98. The molecule has 20 heavy (non-hydrogen) atoms. The second-order valence-corrected chi connectivity index (χ2v) is 5.31. The maximum atomic E-state index is 13.8.